The fraction of sp³-hybridized carbons (Fsp3) is 0.308. The SMILES string of the molecule is COc1ccc(C2(c3ccc(C4(c5ccc(C)cc5)SCCS4)cc3)SCCS2)cc1. The van der Waals surface area contributed by atoms with Gasteiger partial charge in [-0.05, 0) is 41.3 Å². The molecule has 0 atom stereocenters. The maximum Gasteiger partial charge on any atom is 0.118 e. The van der Waals surface area contributed by atoms with E-state index in [2.05, 4.69) is 127 Å². The molecule has 2 saturated heterocycles. The molecule has 3 aromatic rings. The highest BCUT2D eigenvalue weighted by atomic mass is 32.2. The number of benzene rings is 3. The minimum absolute atomic E-state index is 0.00939. The van der Waals surface area contributed by atoms with Crippen LogP contribution < -0.4 is 4.74 Å². The fourth-order valence-corrected chi connectivity index (χ4v) is 10.9. The van der Waals surface area contributed by atoms with Gasteiger partial charge in [-0.1, -0.05) is 66.2 Å². The number of methoxy groups -OCH3 is 1. The van der Waals surface area contributed by atoms with Crippen LogP contribution in [0.3, 0.4) is 0 Å². The first-order valence-corrected chi connectivity index (χ1v) is 14.5. The van der Waals surface area contributed by atoms with E-state index in [9.17, 15) is 0 Å². The summed E-state index contributed by atoms with van der Waals surface area (Å²) in [7, 11) is 1.73. The van der Waals surface area contributed by atoms with Gasteiger partial charge < -0.3 is 4.74 Å². The van der Waals surface area contributed by atoms with Crippen molar-refractivity contribution in [2.75, 3.05) is 30.1 Å². The number of rotatable bonds is 5. The second-order valence-electron chi connectivity index (χ2n) is 7.80. The number of ether oxygens (including phenoxy) is 1. The third kappa shape index (κ3) is 3.92. The first-order valence-electron chi connectivity index (χ1n) is 10.5. The lowest BCUT2D eigenvalue weighted by atomic mass is 9.98. The van der Waals surface area contributed by atoms with Crippen molar-refractivity contribution in [2.24, 2.45) is 0 Å². The lowest BCUT2D eigenvalue weighted by molar-refractivity contribution is 0.414. The topological polar surface area (TPSA) is 9.23 Å². The Morgan fingerprint density at radius 3 is 1.23 bits per heavy atom. The van der Waals surface area contributed by atoms with E-state index < -0.39 is 0 Å². The third-order valence-electron chi connectivity index (χ3n) is 5.93. The summed E-state index contributed by atoms with van der Waals surface area (Å²) in [6, 6.07) is 27.3. The van der Waals surface area contributed by atoms with Gasteiger partial charge in [0.25, 0.3) is 0 Å². The monoisotopic (exact) mass is 482 g/mol. The summed E-state index contributed by atoms with van der Waals surface area (Å²) < 4.78 is 5.36. The molecule has 5 rings (SSSR count). The Hall–Kier alpha value is -1.14. The van der Waals surface area contributed by atoms with Gasteiger partial charge in [0.1, 0.15) is 13.9 Å². The van der Waals surface area contributed by atoms with Crippen molar-refractivity contribution in [3.63, 3.8) is 0 Å². The van der Waals surface area contributed by atoms with Crippen LogP contribution in [0.1, 0.15) is 27.8 Å². The minimum atomic E-state index is -0.0300. The molecule has 2 fully saturated rings. The van der Waals surface area contributed by atoms with Crippen molar-refractivity contribution in [3.8, 4) is 5.75 Å². The molecule has 0 radical (unpaired) electrons. The highest BCUT2D eigenvalue weighted by Crippen LogP contribution is 2.59. The van der Waals surface area contributed by atoms with Gasteiger partial charge in [0, 0.05) is 23.0 Å². The fourth-order valence-electron chi connectivity index (χ4n) is 4.32. The molecule has 1 nitrogen and oxygen atoms in total. The summed E-state index contributed by atoms with van der Waals surface area (Å²) in [6.07, 6.45) is 0. The van der Waals surface area contributed by atoms with Gasteiger partial charge in [-0.25, -0.2) is 0 Å². The molecule has 0 N–H and O–H groups in total. The molecule has 2 heterocycles. The van der Waals surface area contributed by atoms with Gasteiger partial charge in [0.15, 0.2) is 0 Å². The van der Waals surface area contributed by atoms with Gasteiger partial charge in [-0.15, -0.1) is 47.0 Å². The third-order valence-corrected chi connectivity index (χ3v) is 13.0. The lowest BCUT2D eigenvalue weighted by Crippen LogP contribution is -2.19. The molecule has 0 aliphatic carbocycles. The van der Waals surface area contributed by atoms with Crippen LogP contribution in [0, 0.1) is 6.92 Å². The Kier molecular flexibility index (Phi) is 6.31. The van der Waals surface area contributed by atoms with Crippen LogP contribution in [0.2, 0.25) is 0 Å². The Morgan fingerprint density at radius 2 is 0.871 bits per heavy atom. The highest BCUT2D eigenvalue weighted by Gasteiger charge is 2.42. The first kappa shape index (κ1) is 21.7. The Labute approximate surface area is 202 Å². The van der Waals surface area contributed by atoms with E-state index in [1.807, 2.05) is 0 Å². The average molecular weight is 483 g/mol. The van der Waals surface area contributed by atoms with Crippen LogP contribution in [0.4, 0.5) is 0 Å². The predicted molar refractivity (Wildman–Crippen MR) is 142 cm³/mol. The second kappa shape index (κ2) is 9.01. The molecule has 2 aliphatic heterocycles. The van der Waals surface area contributed by atoms with Crippen molar-refractivity contribution >= 4 is 47.0 Å². The second-order valence-corrected chi connectivity index (χ2v) is 13.6. The summed E-state index contributed by atoms with van der Waals surface area (Å²) in [4.78, 5) is 0. The van der Waals surface area contributed by atoms with E-state index in [-0.39, 0.29) is 8.16 Å². The summed E-state index contributed by atoms with van der Waals surface area (Å²) in [5.74, 6) is 5.66. The Balaban J connectivity index is 1.52. The van der Waals surface area contributed by atoms with Crippen LogP contribution in [-0.4, -0.2) is 30.1 Å². The molecular weight excluding hydrogens is 457 g/mol. The van der Waals surface area contributed by atoms with Crippen LogP contribution in [0.25, 0.3) is 0 Å². The minimum Gasteiger partial charge on any atom is -0.497 e. The van der Waals surface area contributed by atoms with E-state index in [0.29, 0.717) is 0 Å². The Bertz CT molecular complexity index is 1020. The van der Waals surface area contributed by atoms with Crippen molar-refractivity contribution in [3.05, 3.63) is 101 Å². The average Bonchev–Trinajstić information content (AvgIpc) is 3.51. The lowest BCUT2D eigenvalue weighted by Gasteiger charge is -2.31. The largest absolute Gasteiger partial charge is 0.497 e. The van der Waals surface area contributed by atoms with Gasteiger partial charge in [-0.3, -0.25) is 0 Å². The molecule has 0 spiro atoms. The van der Waals surface area contributed by atoms with E-state index in [4.69, 9.17) is 4.74 Å². The van der Waals surface area contributed by atoms with Gasteiger partial charge in [0.05, 0.1) is 7.11 Å². The van der Waals surface area contributed by atoms with Gasteiger partial charge in [-0.2, -0.15) is 0 Å². The molecule has 31 heavy (non-hydrogen) atoms. The van der Waals surface area contributed by atoms with Crippen molar-refractivity contribution in [2.45, 2.75) is 15.1 Å². The molecule has 0 saturated carbocycles. The zero-order valence-corrected chi connectivity index (χ0v) is 21.1. The molecule has 2 aliphatic rings. The van der Waals surface area contributed by atoms with E-state index in [1.165, 1.54) is 50.8 Å². The number of hydrogen-bond acceptors (Lipinski definition) is 5. The Morgan fingerprint density at radius 1 is 0.548 bits per heavy atom. The molecule has 5 heteroatoms. The molecule has 0 bridgehead atoms. The van der Waals surface area contributed by atoms with Crippen molar-refractivity contribution in [1.82, 2.24) is 0 Å². The quantitative estimate of drug-likeness (QED) is 0.374. The molecule has 0 unspecified atom stereocenters. The molecule has 3 aromatic carbocycles. The maximum atomic E-state index is 5.39. The van der Waals surface area contributed by atoms with Gasteiger partial charge in [0.2, 0.25) is 0 Å². The smallest absolute Gasteiger partial charge is 0.118 e. The molecule has 0 aromatic heterocycles. The van der Waals surface area contributed by atoms with E-state index >= 15 is 0 Å². The summed E-state index contributed by atoms with van der Waals surface area (Å²) >= 11 is 8.27. The van der Waals surface area contributed by atoms with Crippen molar-refractivity contribution in [1.29, 1.82) is 0 Å². The van der Waals surface area contributed by atoms with E-state index in [1.54, 1.807) is 7.11 Å². The highest BCUT2D eigenvalue weighted by molar-refractivity contribution is 8.21. The zero-order chi connectivity index (χ0) is 21.3. The molecule has 160 valence electrons. The summed E-state index contributed by atoms with van der Waals surface area (Å²) in [5.41, 5.74) is 6.88. The normalized spacial score (nSPS) is 19.4. The predicted octanol–water partition coefficient (Wildman–Crippen LogP) is 7.37. The molecule has 0 amide bonds. The molecular formula is C26H26OS4. The van der Waals surface area contributed by atoms with Crippen molar-refractivity contribution < 1.29 is 4.74 Å². The zero-order valence-electron chi connectivity index (χ0n) is 17.8. The van der Waals surface area contributed by atoms with Crippen LogP contribution in [-0.2, 0) is 8.16 Å². The van der Waals surface area contributed by atoms with E-state index in [0.717, 1.165) is 5.75 Å². The first-order chi connectivity index (χ1) is 15.2. The summed E-state index contributed by atoms with van der Waals surface area (Å²) in [6.45, 7) is 2.16. The number of thioether (sulfide) groups is 4. The van der Waals surface area contributed by atoms with Gasteiger partial charge >= 0.3 is 0 Å². The van der Waals surface area contributed by atoms with Crippen LogP contribution in [0.5, 0.6) is 5.75 Å². The standard InChI is InChI=1S/C26H26OS4/c1-19-3-5-20(6-4-19)25(28-15-16-29-25)21-7-9-22(10-8-21)26(30-17-18-31-26)23-11-13-24(27-2)14-12-23/h3-14H,15-18H2,1-2H3. The van der Waals surface area contributed by atoms with Crippen LogP contribution >= 0.6 is 47.0 Å². The van der Waals surface area contributed by atoms with Crippen LogP contribution in [0.15, 0.2) is 72.8 Å². The number of hydrogen-bond donors (Lipinski definition) is 0. The number of aryl methyl sites for hydroxylation is 1. The maximum absolute atomic E-state index is 5.39. The summed E-state index contributed by atoms with van der Waals surface area (Å²) in [5, 5.41) is 0.